The van der Waals surface area contributed by atoms with E-state index in [1.54, 1.807) is 29.2 Å². The Bertz CT molecular complexity index is 797. The Kier molecular flexibility index (Phi) is 5.01. The number of amides is 1. The third-order valence-electron chi connectivity index (χ3n) is 3.66. The second kappa shape index (κ2) is 7.55. The first-order valence-corrected chi connectivity index (χ1v) is 7.80. The SMILES string of the molecule is O=C(CCc1ccccc1)Nc1cnn(Cc2ccc(F)cc2)c1. The maximum atomic E-state index is 12.9. The summed E-state index contributed by atoms with van der Waals surface area (Å²) in [6.07, 6.45) is 4.51. The molecule has 1 amide bonds. The van der Waals surface area contributed by atoms with Gasteiger partial charge in [0.2, 0.25) is 5.91 Å². The van der Waals surface area contributed by atoms with Crippen LogP contribution in [-0.4, -0.2) is 15.7 Å². The summed E-state index contributed by atoms with van der Waals surface area (Å²) in [7, 11) is 0. The fourth-order valence-corrected chi connectivity index (χ4v) is 2.42. The lowest BCUT2D eigenvalue weighted by molar-refractivity contribution is -0.116. The van der Waals surface area contributed by atoms with E-state index in [-0.39, 0.29) is 11.7 Å². The van der Waals surface area contributed by atoms with Crippen LogP contribution in [0, 0.1) is 5.82 Å². The number of halogens is 1. The Balaban J connectivity index is 1.51. The Hall–Kier alpha value is -2.95. The van der Waals surface area contributed by atoms with Crippen molar-refractivity contribution in [1.82, 2.24) is 9.78 Å². The van der Waals surface area contributed by atoms with Crippen LogP contribution in [0.3, 0.4) is 0 Å². The normalized spacial score (nSPS) is 10.5. The zero-order valence-electron chi connectivity index (χ0n) is 13.2. The van der Waals surface area contributed by atoms with Crippen molar-refractivity contribution in [1.29, 1.82) is 0 Å². The van der Waals surface area contributed by atoms with E-state index in [4.69, 9.17) is 0 Å². The average Bonchev–Trinajstić information content (AvgIpc) is 3.03. The Morgan fingerprint density at radius 1 is 1.04 bits per heavy atom. The highest BCUT2D eigenvalue weighted by Crippen LogP contribution is 2.10. The summed E-state index contributed by atoms with van der Waals surface area (Å²) >= 11 is 0. The van der Waals surface area contributed by atoms with E-state index in [9.17, 15) is 9.18 Å². The summed E-state index contributed by atoms with van der Waals surface area (Å²) in [5.74, 6) is -0.300. The first-order valence-electron chi connectivity index (χ1n) is 7.80. The van der Waals surface area contributed by atoms with Crippen molar-refractivity contribution < 1.29 is 9.18 Å². The molecule has 0 aliphatic carbocycles. The van der Waals surface area contributed by atoms with Crippen LogP contribution in [0.4, 0.5) is 10.1 Å². The molecule has 1 aromatic heterocycles. The van der Waals surface area contributed by atoms with Crippen LogP contribution < -0.4 is 5.32 Å². The van der Waals surface area contributed by atoms with Crippen molar-refractivity contribution in [3.8, 4) is 0 Å². The van der Waals surface area contributed by atoms with Gasteiger partial charge in [-0.3, -0.25) is 9.48 Å². The van der Waals surface area contributed by atoms with E-state index >= 15 is 0 Å². The van der Waals surface area contributed by atoms with Crippen molar-refractivity contribution in [3.63, 3.8) is 0 Å². The summed E-state index contributed by atoms with van der Waals surface area (Å²) in [5, 5.41) is 7.06. The summed E-state index contributed by atoms with van der Waals surface area (Å²) in [5.41, 5.74) is 2.75. The lowest BCUT2D eigenvalue weighted by Gasteiger charge is -2.03. The molecule has 24 heavy (non-hydrogen) atoms. The largest absolute Gasteiger partial charge is 0.323 e. The summed E-state index contributed by atoms with van der Waals surface area (Å²) in [6, 6.07) is 16.2. The molecule has 0 atom stereocenters. The van der Waals surface area contributed by atoms with Gasteiger partial charge in [-0.2, -0.15) is 5.10 Å². The molecule has 0 fully saturated rings. The highest BCUT2D eigenvalue weighted by Gasteiger charge is 2.06. The predicted octanol–water partition coefficient (Wildman–Crippen LogP) is 3.64. The second-order valence-corrected chi connectivity index (χ2v) is 5.59. The van der Waals surface area contributed by atoms with Crippen LogP contribution in [0.15, 0.2) is 67.0 Å². The van der Waals surface area contributed by atoms with E-state index in [1.165, 1.54) is 12.1 Å². The zero-order chi connectivity index (χ0) is 16.8. The first kappa shape index (κ1) is 15.9. The minimum Gasteiger partial charge on any atom is -0.323 e. The first-order chi connectivity index (χ1) is 11.7. The molecule has 5 heteroatoms. The number of nitrogens with zero attached hydrogens (tertiary/aromatic N) is 2. The van der Waals surface area contributed by atoms with E-state index in [0.29, 0.717) is 25.1 Å². The van der Waals surface area contributed by atoms with Gasteiger partial charge < -0.3 is 5.32 Å². The van der Waals surface area contributed by atoms with Gasteiger partial charge in [0.25, 0.3) is 0 Å². The molecule has 1 heterocycles. The number of hydrogen-bond acceptors (Lipinski definition) is 2. The fourth-order valence-electron chi connectivity index (χ4n) is 2.42. The molecule has 0 bridgehead atoms. The molecule has 1 N–H and O–H groups in total. The van der Waals surface area contributed by atoms with Crippen molar-refractivity contribution in [2.45, 2.75) is 19.4 Å². The minimum absolute atomic E-state index is 0.0415. The molecule has 0 aliphatic rings. The van der Waals surface area contributed by atoms with Gasteiger partial charge in [0.1, 0.15) is 5.82 Å². The van der Waals surface area contributed by atoms with Crippen molar-refractivity contribution >= 4 is 11.6 Å². The number of hydrogen-bond donors (Lipinski definition) is 1. The van der Waals surface area contributed by atoms with Gasteiger partial charge >= 0.3 is 0 Å². The molecule has 122 valence electrons. The highest BCUT2D eigenvalue weighted by atomic mass is 19.1. The maximum absolute atomic E-state index is 12.9. The lowest BCUT2D eigenvalue weighted by Crippen LogP contribution is -2.11. The van der Waals surface area contributed by atoms with Gasteiger partial charge in [-0.05, 0) is 29.7 Å². The number of nitrogens with one attached hydrogen (secondary N) is 1. The fraction of sp³-hybridized carbons (Fsp3) is 0.158. The molecule has 4 nitrogen and oxygen atoms in total. The Morgan fingerprint density at radius 3 is 2.54 bits per heavy atom. The topological polar surface area (TPSA) is 46.9 Å². The molecule has 3 rings (SSSR count). The van der Waals surface area contributed by atoms with Gasteiger partial charge in [-0.25, -0.2) is 4.39 Å². The number of benzene rings is 2. The molecule has 0 saturated carbocycles. The van der Waals surface area contributed by atoms with Crippen molar-refractivity contribution in [2.75, 3.05) is 5.32 Å². The molecule has 0 aliphatic heterocycles. The van der Waals surface area contributed by atoms with Crippen LogP contribution >= 0.6 is 0 Å². The Morgan fingerprint density at radius 2 is 1.79 bits per heavy atom. The van der Waals surface area contributed by atoms with Crippen LogP contribution in [-0.2, 0) is 17.8 Å². The molecular weight excluding hydrogens is 305 g/mol. The summed E-state index contributed by atoms with van der Waals surface area (Å²) < 4.78 is 14.6. The van der Waals surface area contributed by atoms with Gasteiger partial charge in [0.05, 0.1) is 18.4 Å². The van der Waals surface area contributed by atoms with Crippen molar-refractivity contribution in [3.05, 3.63) is 83.9 Å². The predicted molar refractivity (Wildman–Crippen MR) is 91.1 cm³/mol. The van der Waals surface area contributed by atoms with Gasteiger partial charge in [-0.15, -0.1) is 0 Å². The number of aryl methyl sites for hydroxylation is 1. The monoisotopic (exact) mass is 323 g/mol. The minimum atomic E-state index is -0.259. The molecule has 0 unspecified atom stereocenters. The molecule has 3 aromatic rings. The number of rotatable bonds is 6. The zero-order valence-corrected chi connectivity index (χ0v) is 13.2. The van der Waals surface area contributed by atoms with E-state index in [0.717, 1.165) is 11.1 Å². The number of aromatic nitrogens is 2. The molecular formula is C19H18FN3O. The molecule has 0 spiro atoms. The molecule has 0 saturated heterocycles. The van der Waals surface area contributed by atoms with Gasteiger partial charge in [0, 0.05) is 12.6 Å². The maximum Gasteiger partial charge on any atom is 0.224 e. The highest BCUT2D eigenvalue weighted by molar-refractivity contribution is 5.90. The van der Waals surface area contributed by atoms with Crippen LogP contribution in [0.5, 0.6) is 0 Å². The Labute approximate surface area is 139 Å². The van der Waals surface area contributed by atoms with Crippen LogP contribution in [0.25, 0.3) is 0 Å². The average molecular weight is 323 g/mol. The van der Waals surface area contributed by atoms with Crippen molar-refractivity contribution in [2.24, 2.45) is 0 Å². The lowest BCUT2D eigenvalue weighted by atomic mass is 10.1. The third kappa shape index (κ3) is 4.52. The van der Waals surface area contributed by atoms with E-state index in [2.05, 4.69) is 10.4 Å². The van der Waals surface area contributed by atoms with Crippen LogP contribution in [0.1, 0.15) is 17.5 Å². The van der Waals surface area contributed by atoms with Gasteiger partial charge in [-0.1, -0.05) is 42.5 Å². The molecule has 2 aromatic carbocycles. The van der Waals surface area contributed by atoms with Crippen LogP contribution in [0.2, 0.25) is 0 Å². The second-order valence-electron chi connectivity index (χ2n) is 5.59. The summed E-state index contributed by atoms with van der Waals surface area (Å²) in [6.45, 7) is 0.528. The summed E-state index contributed by atoms with van der Waals surface area (Å²) in [4.78, 5) is 12.0. The smallest absolute Gasteiger partial charge is 0.224 e. The quantitative estimate of drug-likeness (QED) is 0.753. The molecule has 0 radical (unpaired) electrons. The van der Waals surface area contributed by atoms with E-state index < -0.39 is 0 Å². The standard InChI is InChI=1S/C19H18FN3O/c20-17-9-6-16(7-10-17)13-23-14-18(12-21-23)22-19(24)11-8-15-4-2-1-3-5-15/h1-7,9-10,12,14H,8,11,13H2,(H,22,24). The third-order valence-corrected chi connectivity index (χ3v) is 3.66. The van der Waals surface area contributed by atoms with Gasteiger partial charge in [0.15, 0.2) is 0 Å². The number of anilines is 1. The van der Waals surface area contributed by atoms with E-state index in [1.807, 2.05) is 30.3 Å². The number of carbonyl (C=O) groups excluding carboxylic acids is 1. The number of carbonyl (C=O) groups is 1.